The van der Waals surface area contributed by atoms with Crippen LogP contribution in [0.15, 0.2) is 24.3 Å². The van der Waals surface area contributed by atoms with Gasteiger partial charge in [0.1, 0.15) is 5.78 Å². The van der Waals surface area contributed by atoms with Crippen LogP contribution >= 0.6 is 0 Å². The third kappa shape index (κ3) is 3.46. The van der Waals surface area contributed by atoms with Gasteiger partial charge in [-0.25, -0.2) is 0 Å². The summed E-state index contributed by atoms with van der Waals surface area (Å²) in [6.45, 7) is 7.61. The maximum absolute atomic E-state index is 11.8. The number of carbonyl (C=O) groups excluding carboxylic acids is 1. The van der Waals surface area contributed by atoms with Crippen LogP contribution in [-0.4, -0.2) is 10.9 Å². The largest absolute Gasteiger partial charge is 0.388 e. The average molecular weight is 220 g/mol. The topological polar surface area (TPSA) is 37.3 Å². The van der Waals surface area contributed by atoms with Gasteiger partial charge >= 0.3 is 0 Å². The molecule has 0 saturated heterocycles. The number of ketones is 1. The molecule has 1 aromatic rings. The lowest BCUT2D eigenvalue weighted by Gasteiger charge is -2.19. The molecule has 88 valence electrons. The fourth-order valence-electron chi connectivity index (χ4n) is 1.39. The highest BCUT2D eigenvalue weighted by Crippen LogP contribution is 2.24. The molecule has 0 heterocycles. The molecule has 0 bridgehead atoms. The standard InChI is InChI=1S/C14H20O2/c1-10-5-7-11(8-6-10)12(15)9-13(16)14(2,3)4/h5-8,12,15H,9H2,1-4H3. The van der Waals surface area contributed by atoms with Gasteiger partial charge in [0.05, 0.1) is 6.10 Å². The minimum atomic E-state index is -0.688. The summed E-state index contributed by atoms with van der Waals surface area (Å²) in [5.41, 5.74) is 1.58. The van der Waals surface area contributed by atoms with Gasteiger partial charge in [-0.05, 0) is 12.5 Å². The third-order valence-electron chi connectivity index (χ3n) is 2.68. The molecule has 1 aromatic carbocycles. The van der Waals surface area contributed by atoms with Crippen molar-refractivity contribution in [2.75, 3.05) is 0 Å². The number of aryl methyl sites for hydroxylation is 1. The van der Waals surface area contributed by atoms with Gasteiger partial charge in [-0.15, -0.1) is 0 Å². The number of Topliss-reactive ketones (excluding diaryl/α,β-unsaturated/α-hetero) is 1. The summed E-state index contributed by atoms with van der Waals surface area (Å²) in [5.74, 6) is 0.0839. The molecule has 16 heavy (non-hydrogen) atoms. The Bertz CT molecular complexity index is 357. The van der Waals surface area contributed by atoms with Gasteiger partial charge in [0.2, 0.25) is 0 Å². The Kier molecular flexibility index (Phi) is 3.87. The Morgan fingerprint density at radius 3 is 2.19 bits per heavy atom. The first kappa shape index (κ1) is 12.9. The molecule has 1 unspecified atom stereocenters. The molecule has 0 aliphatic rings. The summed E-state index contributed by atoms with van der Waals surface area (Å²) in [6, 6.07) is 7.63. The molecule has 0 fully saturated rings. The van der Waals surface area contributed by atoms with Crippen molar-refractivity contribution in [2.24, 2.45) is 5.41 Å². The molecule has 2 heteroatoms. The van der Waals surface area contributed by atoms with E-state index in [-0.39, 0.29) is 17.6 Å². The lowest BCUT2D eigenvalue weighted by atomic mass is 9.86. The molecule has 1 rings (SSSR count). The summed E-state index contributed by atoms with van der Waals surface area (Å²) in [7, 11) is 0. The maximum atomic E-state index is 11.8. The number of aliphatic hydroxyl groups excluding tert-OH is 1. The predicted octanol–water partition coefficient (Wildman–Crippen LogP) is 3.03. The maximum Gasteiger partial charge on any atom is 0.141 e. The molecular weight excluding hydrogens is 200 g/mol. The van der Waals surface area contributed by atoms with Gasteiger partial charge in [-0.1, -0.05) is 50.6 Å². The van der Waals surface area contributed by atoms with E-state index in [1.54, 1.807) is 0 Å². The smallest absolute Gasteiger partial charge is 0.141 e. The molecule has 2 nitrogen and oxygen atoms in total. The third-order valence-corrected chi connectivity index (χ3v) is 2.68. The summed E-state index contributed by atoms with van der Waals surface area (Å²) >= 11 is 0. The molecule has 0 spiro atoms. The van der Waals surface area contributed by atoms with Crippen molar-refractivity contribution in [3.63, 3.8) is 0 Å². The Balaban J connectivity index is 2.69. The van der Waals surface area contributed by atoms with Crippen LogP contribution in [0.1, 0.15) is 44.4 Å². The second-order valence-corrected chi connectivity index (χ2v) is 5.30. The van der Waals surface area contributed by atoms with E-state index >= 15 is 0 Å². The van der Waals surface area contributed by atoms with Crippen LogP contribution in [0.4, 0.5) is 0 Å². The number of aliphatic hydroxyl groups is 1. The number of rotatable bonds is 3. The van der Waals surface area contributed by atoms with Crippen LogP contribution in [0.5, 0.6) is 0 Å². The second kappa shape index (κ2) is 4.79. The second-order valence-electron chi connectivity index (χ2n) is 5.30. The van der Waals surface area contributed by atoms with Gasteiger partial charge in [0.15, 0.2) is 0 Å². The van der Waals surface area contributed by atoms with Crippen LogP contribution in [0, 0.1) is 12.3 Å². The summed E-state index contributed by atoms with van der Waals surface area (Å²) in [6.07, 6.45) is -0.501. The highest BCUT2D eigenvalue weighted by molar-refractivity contribution is 5.84. The van der Waals surface area contributed by atoms with E-state index in [9.17, 15) is 9.90 Å². The van der Waals surface area contributed by atoms with Gasteiger partial charge in [0.25, 0.3) is 0 Å². The Labute approximate surface area is 97.3 Å². The van der Waals surface area contributed by atoms with E-state index in [4.69, 9.17) is 0 Å². The normalized spacial score (nSPS) is 13.6. The minimum Gasteiger partial charge on any atom is -0.388 e. The quantitative estimate of drug-likeness (QED) is 0.850. The monoisotopic (exact) mass is 220 g/mol. The summed E-state index contributed by atoms with van der Waals surface area (Å²) in [5, 5.41) is 9.92. The van der Waals surface area contributed by atoms with E-state index in [0.717, 1.165) is 11.1 Å². The van der Waals surface area contributed by atoms with Crippen molar-refractivity contribution < 1.29 is 9.90 Å². The first-order chi connectivity index (χ1) is 7.30. The van der Waals surface area contributed by atoms with Gasteiger partial charge < -0.3 is 5.11 Å². The lowest BCUT2D eigenvalue weighted by Crippen LogP contribution is -2.22. The first-order valence-electron chi connectivity index (χ1n) is 5.58. The fraction of sp³-hybridized carbons (Fsp3) is 0.500. The first-order valence-corrected chi connectivity index (χ1v) is 5.58. The molecule has 0 aliphatic heterocycles. The number of benzene rings is 1. The highest BCUT2D eigenvalue weighted by Gasteiger charge is 2.24. The van der Waals surface area contributed by atoms with Gasteiger partial charge in [0, 0.05) is 11.8 Å². The van der Waals surface area contributed by atoms with E-state index < -0.39 is 6.10 Å². The van der Waals surface area contributed by atoms with E-state index in [0.29, 0.717) is 0 Å². The Morgan fingerprint density at radius 1 is 1.25 bits per heavy atom. The molecular formula is C14H20O2. The van der Waals surface area contributed by atoms with Crippen LogP contribution in [0.3, 0.4) is 0 Å². The zero-order valence-electron chi connectivity index (χ0n) is 10.4. The number of carbonyl (C=O) groups is 1. The molecule has 0 amide bonds. The Hall–Kier alpha value is -1.15. The SMILES string of the molecule is Cc1ccc(C(O)CC(=O)C(C)(C)C)cc1. The number of hydrogen-bond donors (Lipinski definition) is 1. The zero-order valence-corrected chi connectivity index (χ0v) is 10.4. The van der Waals surface area contributed by atoms with Crippen molar-refractivity contribution in [2.45, 2.75) is 40.2 Å². The van der Waals surface area contributed by atoms with Gasteiger partial charge in [-0.2, -0.15) is 0 Å². The van der Waals surface area contributed by atoms with Crippen molar-refractivity contribution in [1.82, 2.24) is 0 Å². The van der Waals surface area contributed by atoms with E-state index in [2.05, 4.69) is 0 Å². The lowest BCUT2D eigenvalue weighted by molar-refractivity contribution is -0.128. The fourth-order valence-corrected chi connectivity index (χ4v) is 1.39. The zero-order chi connectivity index (χ0) is 12.3. The molecule has 0 radical (unpaired) electrons. The molecule has 1 atom stereocenters. The minimum absolute atomic E-state index is 0.0839. The molecule has 0 aliphatic carbocycles. The Morgan fingerprint density at radius 2 is 1.75 bits per heavy atom. The van der Waals surface area contributed by atoms with Crippen LogP contribution in [-0.2, 0) is 4.79 Å². The predicted molar refractivity (Wildman–Crippen MR) is 65.2 cm³/mol. The van der Waals surface area contributed by atoms with Crippen LogP contribution in [0.2, 0.25) is 0 Å². The molecule has 0 saturated carbocycles. The number of hydrogen-bond acceptors (Lipinski definition) is 2. The average Bonchev–Trinajstić information content (AvgIpc) is 2.17. The van der Waals surface area contributed by atoms with Crippen molar-refractivity contribution >= 4 is 5.78 Å². The molecule has 1 N–H and O–H groups in total. The van der Waals surface area contributed by atoms with Crippen molar-refractivity contribution in [1.29, 1.82) is 0 Å². The van der Waals surface area contributed by atoms with E-state index in [1.807, 2.05) is 52.0 Å². The van der Waals surface area contributed by atoms with Crippen LogP contribution < -0.4 is 0 Å². The molecule has 0 aromatic heterocycles. The summed E-state index contributed by atoms with van der Waals surface area (Å²) in [4.78, 5) is 11.8. The summed E-state index contributed by atoms with van der Waals surface area (Å²) < 4.78 is 0. The van der Waals surface area contributed by atoms with Crippen molar-refractivity contribution in [3.05, 3.63) is 35.4 Å². The van der Waals surface area contributed by atoms with Crippen molar-refractivity contribution in [3.8, 4) is 0 Å². The van der Waals surface area contributed by atoms with Gasteiger partial charge in [-0.3, -0.25) is 4.79 Å². The highest BCUT2D eigenvalue weighted by atomic mass is 16.3. The van der Waals surface area contributed by atoms with E-state index in [1.165, 1.54) is 0 Å². The van der Waals surface area contributed by atoms with Crippen LogP contribution in [0.25, 0.3) is 0 Å².